The van der Waals surface area contributed by atoms with Gasteiger partial charge in [0.15, 0.2) is 11.7 Å². The largest absolute Gasteiger partial charge is 0.508 e. The van der Waals surface area contributed by atoms with Crippen molar-refractivity contribution in [2.45, 2.75) is 127 Å². The molecule has 0 heterocycles. The molecule has 0 aliphatic heterocycles. The van der Waals surface area contributed by atoms with Gasteiger partial charge in [0.25, 0.3) is 0 Å². The molecule has 0 aliphatic carbocycles. The molecule has 19 heteroatoms. The first kappa shape index (κ1) is 52.6. The Bertz CT molecular complexity index is 1820. The molecule has 4 atom stereocenters. The average molecular weight is 882 g/mol. The van der Waals surface area contributed by atoms with Crippen molar-refractivity contribution in [3.8, 4) is 5.75 Å². The van der Waals surface area contributed by atoms with E-state index in [9.17, 15) is 53.7 Å². The van der Waals surface area contributed by atoms with Crippen LogP contribution in [-0.2, 0) is 46.4 Å². The highest BCUT2D eigenvalue weighted by Gasteiger charge is 2.30. The number of aliphatic carboxylic acids is 3. The summed E-state index contributed by atoms with van der Waals surface area (Å²) in [6.45, 7) is 0.239. The number of carbonyl (C=O) groups is 8. The van der Waals surface area contributed by atoms with Crippen LogP contribution >= 0.6 is 0 Å². The van der Waals surface area contributed by atoms with Crippen molar-refractivity contribution in [3.05, 3.63) is 65.7 Å². The fourth-order valence-corrected chi connectivity index (χ4v) is 6.63. The lowest BCUT2D eigenvalue weighted by molar-refractivity contribution is -0.143. The first-order valence-corrected chi connectivity index (χ1v) is 21.3. The van der Waals surface area contributed by atoms with Crippen LogP contribution in [0.4, 0.5) is 4.79 Å². The number of carboxylic acids is 3. The second kappa shape index (κ2) is 29.7. The van der Waals surface area contributed by atoms with Crippen LogP contribution in [0.5, 0.6) is 5.75 Å². The fourth-order valence-electron chi connectivity index (χ4n) is 6.63. The van der Waals surface area contributed by atoms with Crippen LogP contribution in [-0.4, -0.2) is 105 Å². The van der Waals surface area contributed by atoms with Gasteiger partial charge in [-0.25, -0.2) is 14.4 Å². The minimum atomic E-state index is -1.32. The number of aromatic hydroxyl groups is 1. The molecule has 346 valence electrons. The van der Waals surface area contributed by atoms with E-state index in [1.807, 2.05) is 18.2 Å². The Labute approximate surface area is 366 Å². The topological polar surface area (TPSA) is 330 Å². The molecule has 0 aliphatic rings. The summed E-state index contributed by atoms with van der Waals surface area (Å²) in [6, 6.07) is 10.7. The molecule has 2 rings (SSSR count). The zero-order valence-corrected chi connectivity index (χ0v) is 35.6. The summed E-state index contributed by atoms with van der Waals surface area (Å²) in [5, 5.41) is 47.7. The maximum Gasteiger partial charge on any atom is 0.326 e. The van der Waals surface area contributed by atoms with Crippen molar-refractivity contribution in [1.29, 1.82) is 0 Å². The molecular formula is C44H63N7O12. The molecule has 4 amide bonds. The molecular weight excluding hydrogens is 819 g/mol. The number of Topliss-reactive ketones (excluding diaryl/α,β-unsaturated/α-hetero) is 2. The van der Waals surface area contributed by atoms with E-state index in [-0.39, 0.29) is 101 Å². The van der Waals surface area contributed by atoms with Gasteiger partial charge in [-0.1, -0.05) is 68.1 Å². The molecule has 0 saturated carbocycles. The molecule has 0 aromatic heterocycles. The van der Waals surface area contributed by atoms with E-state index in [2.05, 4.69) is 26.3 Å². The standard InChI is InChI=1S/C44H63N7O12/c45-43(46)47-24-10-14-31(40(58)50-36(42(61)62)27-30-18-20-33(53)21-19-30)28-37(54)35(26-29-12-6-5-7-13-29)49-38(55)16-9-4-2-1-3-8-15-32(52)22-23-34(41(59)60)51-44(63)48-25-11-17-39(56)57/h5-7,12-13,18-21,31,34-36,53H,1-4,8-11,14-17,22-28H2,(H,49,55)(H,50,58)(H,56,57)(H,59,60)(H,61,62)(H4,45,46,47)(H2,48,51,63)/t31-,34+,35?,36-/m1/s1. The van der Waals surface area contributed by atoms with E-state index < -0.39 is 59.7 Å². The molecule has 63 heavy (non-hydrogen) atoms. The number of nitrogens with two attached hydrogens (primary N) is 2. The summed E-state index contributed by atoms with van der Waals surface area (Å²) in [5.74, 6) is -6.19. The number of hydrogen-bond donors (Lipinski definition) is 10. The van der Waals surface area contributed by atoms with Gasteiger partial charge in [0.05, 0.1) is 6.04 Å². The molecule has 0 saturated heterocycles. The first-order chi connectivity index (χ1) is 30.0. The number of carboxylic acid groups (broad SMARTS) is 3. The number of phenolic OH excluding ortho intramolecular Hbond substituents is 1. The number of rotatable bonds is 33. The number of aliphatic imine (C=N–C) groups is 1. The third kappa shape index (κ3) is 23.9. The predicted octanol–water partition coefficient (Wildman–Crippen LogP) is 2.95. The van der Waals surface area contributed by atoms with Gasteiger partial charge in [-0.3, -0.25) is 29.0 Å². The lowest BCUT2D eigenvalue weighted by Gasteiger charge is -2.23. The summed E-state index contributed by atoms with van der Waals surface area (Å²) in [6.07, 6.45) is 4.84. The number of nitrogens with one attached hydrogen (secondary N) is 4. The highest BCUT2D eigenvalue weighted by molar-refractivity contribution is 5.93. The third-order valence-electron chi connectivity index (χ3n) is 10.1. The minimum absolute atomic E-state index is 0.00412. The van der Waals surface area contributed by atoms with Crippen molar-refractivity contribution < 1.29 is 58.8 Å². The summed E-state index contributed by atoms with van der Waals surface area (Å²) >= 11 is 0. The van der Waals surface area contributed by atoms with Gasteiger partial charge in [-0.15, -0.1) is 0 Å². The van der Waals surface area contributed by atoms with Crippen LogP contribution in [0.15, 0.2) is 59.6 Å². The number of urea groups is 1. The zero-order valence-electron chi connectivity index (χ0n) is 35.6. The highest BCUT2D eigenvalue weighted by atomic mass is 16.4. The Balaban J connectivity index is 1.89. The maximum atomic E-state index is 13.9. The van der Waals surface area contributed by atoms with Crippen LogP contribution in [0.1, 0.15) is 107 Å². The monoisotopic (exact) mass is 881 g/mol. The average Bonchev–Trinajstić information content (AvgIpc) is 3.23. The van der Waals surface area contributed by atoms with E-state index >= 15 is 0 Å². The van der Waals surface area contributed by atoms with Crippen molar-refractivity contribution in [3.63, 3.8) is 0 Å². The molecule has 19 nitrogen and oxygen atoms in total. The van der Waals surface area contributed by atoms with Gasteiger partial charge in [-0.2, -0.15) is 0 Å². The Hall–Kier alpha value is -6.53. The van der Waals surface area contributed by atoms with Crippen LogP contribution in [0.25, 0.3) is 0 Å². The van der Waals surface area contributed by atoms with Crippen molar-refractivity contribution >= 4 is 53.3 Å². The van der Waals surface area contributed by atoms with Crippen LogP contribution in [0.2, 0.25) is 0 Å². The molecule has 0 fully saturated rings. The van der Waals surface area contributed by atoms with E-state index in [1.54, 1.807) is 24.3 Å². The van der Waals surface area contributed by atoms with E-state index in [0.717, 1.165) is 31.2 Å². The Morgan fingerprint density at radius 3 is 1.83 bits per heavy atom. The number of unbranched alkanes of at least 4 members (excludes halogenated alkanes) is 5. The number of nitrogens with zero attached hydrogens (tertiary/aromatic N) is 1. The third-order valence-corrected chi connectivity index (χ3v) is 10.1. The second-order valence-corrected chi connectivity index (χ2v) is 15.4. The van der Waals surface area contributed by atoms with Crippen molar-refractivity contribution in [2.75, 3.05) is 13.1 Å². The van der Waals surface area contributed by atoms with Gasteiger partial charge in [0.2, 0.25) is 11.8 Å². The number of benzene rings is 2. The van der Waals surface area contributed by atoms with Gasteiger partial charge < -0.3 is 53.2 Å². The van der Waals surface area contributed by atoms with Gasteiger partial charge in [0.1, 0.15) is 23.6 Å². The van der Waals surface area contributed by atoms with Crippen LogP contribution in [0, 0.1) is 5.92 Å². The predicted molar refractivity (Wildman–Crippen MR) is 232 cm³/mol. The first-order valence-electron chi connectivity index (χ1n) is 21.3. The summed E-state index contributed by atoms with van der Waals surface area (Å²) in [4.78, 5) is 103. The molecule has 1 unspecified atom stereocenters. The molecule has 2 aromatic carbocycles. The van der Waals surface area contributed by atoms with Gasteiger partial charge in [0, 0.05) is 57.5 Å². The Morgan fingerprint density at radius 1 is 0.603 bits per heavy atom. The van der Waals surface area contributed by atoms with E-state index in [0.29, 0.717) is 24.8 Å². The molecule has 0 radical (unpaired) electrons. The quantitative estimate of drug-likeness (QED) is 0.0280. The van der Waals surface area contributed by atoms with Crippen LogP contribution in [0.3, 0.4) is 0 Å². The number of ketones is 2. The Kier molecular flexibility index (Phi) is 24.8. The van der Waals surface area contributed by atoms with Crippen molar-refractivity contribution in [2.24, 2.45) is 22.4 Å². The minimum Gasteiger partial charge on any atom is -0.508 e. The molecule has 12 N–H and O–H groups in total. The normalized spacial score (nSPS) is 12.7. The van der Waals surface area contributed by atoms with Crippen LogP contribution < -0.4 is 32.7 Å². The second-order valence-electron chi connectivity index (χ2n) is 15.4. The SMILES string of the molecule is NC(N)=NCCC[C@H](CC(=O)C(Cc1ccccc1)NC(=O)CCCCCCCCC(=O)CC[C@H](NC(=O)NCCCC(=O)O)C(=O)O)C(=O)N[C@H](Cc1ccc(O)cc1)C(=O)O. The zero-order chi connectivity index (χ0) is 46.6. The highest BCUT2D eigenvalue weighted by Crippen LogP contribution is 2.18. The number of hydrogen-bond acceptors (Lipinski definition) is 10. The number of amides is 4. The molecule has 0 spiro atoms. The molecule has 0 bridgehead atoms. The van der Waals surface area contributed by atoms with E-state index in [4.69, 9.17) is 16.6 Å². The van der Waals surface area contributed by atoms with Crippen molar-refractivity contribution in [1.82, 2.24) is 21.3 Å². The Morgan fingerprint density at radius 2 is 1.21 bits per heavy atom. The maximum absolute atomic E-state index is 13.9. The lowest BCUT2D eigenvalue weighted by atomic mass is 9.90. The van der Waals surface area contributed by atoms with Gasteiger partial charge >= 0.3 is 23.9 Å². The summed E-state index contributed by atoms with van der Waals surface area (Å²) in [7, 11) is 0. The lowest BCUT2D eigenvalue weighted by Crippen LogP contribution is -2.47. The smallest absolute Gasteiger partial charge is 0.326 e. The summed E-state index contributed by atoms with van der Waals surface area (Å²) in [5.41, 5.74) is 12.3. The number of guanidine groups is 1. The fraction of sp³-hybridized carbons (Fsp3) is 0.523. The van der Waals surface area contributed by atoms with Gasteiger partial charge in [-0.05, 0) is 68.2 Å². The summed E-state index contributed by atoms with van der Waals surface area (Å²) < 4.78 is 0. The van der Waals surface area contributed by atoms with E-state index in [1.165, 1.54) is 12.1 Å². The number of phenols is 1. The number of carbonyl (C=O) groups excluding carboxylic acids is 5. The molecule has 2 aromatic rings.